The summed E-state index contributed by atoms with van der Waals surface area (Å²) in [6.45, 7) is 0.576. The highest BCUT2D eigenvalue weighted by Gasteiger charge is 1.98. The van der Waals surface area contributed by atoms with Gasteiger partial charge in [-0.3, -0.25) is 4.79 Å². The summed E-state index contributed by atoms with van der Waals surface area (Å²) in [6.07, 6.45) is 3.85. The van der Waals surface area contributed by atoms with Gasteiger partial charge in [-0.1, -0.05) is 23.7 Å². The molecule has 1 aromatic heterocycles. The minimum atomic E-state index is -0.147. The van der Waals surface area contributed by atoms with Crippen LogP contribution in [-0.2, 0) is 11.2 Å². The Kier molecular flexibility index (Phi) is 5.44. The van der Waals surface area contributed by atoms with Crippen molar-refractivity contribution in [1.29, 1.82) is 0 Å². The Morgan fingerprint density at radius 3 is 2.65 bits per heavy atom. The van der Waals surface area contributed by atoms with E-state index in [2.05, 4.69) is 21.2 Å². The molecule has 0 atom stereocenters. The smallest absolute Gasteiger partial charge is 0.244 e. The van der Waals surface area contributed by atoms with Gasteiger partial charge in [0.25, 0.3) is 0 Å². The minimum absolute atomic E-state index is 0.147. The first-order chi connectivity index (χ1) is 9.63. The Morgan fingerprint density at radius 1 is 1.25 bits per heavy atom. The zero-order chi connectivity index (χ0) is 14.4. The number of furan rings is 1. The van der Waals surface area contributed by atoms with E-state index in [0.717, 1.165) is 12.0 Å². The van der Waals surface area contributed by atoms with Crippen molar-refractivity contribution >= 4 is 39.5 Å². The van der Waals surface area contributed by atoms with Crippen LogP contribution in [-0.4, -0.2) is 12.5 Å². The van der Waals surface area contributed by atoms with Gasteiger partial charge in [-0.2, -0.15) is 0 Å². The van der Waals surface area contributed by atoms with E-state index in [1.807, 2.05) is 24.3 Å². The molecule has 1 N–H and O–H groups in total. The molecule has 0 fully saturated rings. The second kappa shape index (κ2) is 7.31. The van der Waals surface area contributed by atoms with Gasteiger partial charge in [0.05, 0.1) is 0 Å². The highest BCUT2D eigenvalue weighted by atomic mass is 79.9. The van der Waals surface area contributed by atoms with Crippen LogP contribution >= 0.6 is 27.5 Å². The summed E-state index contributed by atoms with van der Waals surface area (Å²) in [6, 6.07) is 11.1. The van der Waals surface area contributed by atoms with E-state index in [1.54, 1.807) is 18.2 Å². The average Bonchev–Trinajstić information content (AvgIpc) is 2.85. The Bertz CT molecular complexity index is 605. The first-order valence-electron chi connectivity index (χ1n) is 6.09. The Hall–Kier alpha value is -1.52. The molecule has 1 amide bonds. The number of rotatable bonds is 5. The lowest BCUT2D eigenvalue weighted by molar-refractivity contribution is -0.116. The molecule has 0 aliphatic heterocycles. The SMILES string of the molecule is O=C(/C=C/c1ccc(Br)o1)NCCc1ccc(Cl)cc1. The van der Waals surface area contributed by atoms with Gasteiger partial charge >= 0.3 is 0 Å². The van der Waals surface area contributed by atoms with Gasteiger partial charge in [-0.25, -0.2) is 0 Å². The molecule has 20 heavy (non-hydrogen) atoms. The summed E-state index contributed by atoms with van der Waals surface area (Å²) >= 11 is 9.01. The Balaban J connectivity index is 1.75. The quantitative estimate of drug-likeness (QED) is 0.823. The molecule has 0 saturated carbocycles. The number of hydrogen-bond acceptors (Lipinski definition) is 2. The molecular formula is C15H13BrClNO2. The van der Waals surface area contributed by atoms with Crippen molar-refractivity contribution in [2.75, 3.05) is 6.54 Å². The molecule has 0 aliphatic carbocycles. The number of carbonyl (C=O) groups is 1. The molecule has 3 nitrogen and oxygen atoms in total. The van der Waals surface area contributed by atoms with Gasteiger partial charge in [-0.05, 0) is 58.3 Å². The predicted octanol–water partition coefficient (Wildman–Crippen LogP) is 4.07. The van der Waals surface area contributed by atoms with Crippen LogP contribution in [0.5, 0.6) is 0 Å². The zero-order valence-corrected chi connectivity index (χ0v) is 12.9. The third kappa shape index (κ3) is 4.87. The van der Waals surface area contributed by atoms with E-state index in [0.29, 0.717) is 22.0 Å². The van der Waals surface area contributed by atoms with E-state index < -0.39 is 0 Å². The molecule has 0 bridgehead atoms. The summed E-state index contributed by atoms with van der Waals surface area (Å²) in [5, 5.41) is 3.52. The second-order valence-electron chi connectivity index (χ2n) is 4.14. The number of halogens is 2. The van der Waals surface area contributed by atoms with Gasteiger partial charge in [0.15, 0.2) is 4.67 Å². The lowest BCUT2D eigenvalue weighted by Crippen LogP contribution is -2.23. The standard InChI is InChI=1S/C15H13BrClNO2/c16-14-7-5-13(20-14)6-8-15(19)18-10-9-11-1-3-12(17)4-2-11/h1-8H,9-10H2,(H,18,19)/b8-6+. The molecule has 104 valence electrons. The van der Waals surface area contributed by atoms with E-state index in [9.17, 15) is 4.79 Å². The second-order valence-corrected chi connectivity index (χ2v) is 5.36. The number of carbonyl (C=O) groups excluding carboxylic acids is 1. The van der Waals surface area contributed by atoms with Crippen molar-refractivity contribution in [3.05, 3.63) is 63.5 Å². The summed E-state index contributed by atoms with van der Waals surface area (Å²) in [7, 11) is 0. The van der Waals surface area contributed by atoms with Crippen LogP contribution in [0.15, 0.2) is 51.6 Å². The third-order valence-corrected chi connectivity index (χ3v) is 3.30. The van der Waals surface area contributed by atoms with Crippen LogP contribution < -0.4 is 5.32 Å². The van der Waals surface area contributed by atoms with Crippen LogP contribution in [0.2, 0.25) is 5.02 Å². The molecule has 0 radical (unpaired) electrons. The lowest BCUT2D eigenvalue weighted by atomic mass is 10.1. The fraction of sp³-hybridized carbons (Fsp3) is 0.133. The molecule has 5 heteroatoms. The minimum Gasteiger partial charge on any atom is -0.450 e. The summed E-state index contributed by atoms with van der Waals surface area (Å²) < 4.78 is 5.90. The first kappa shape index (κ1) is 14.9. The van der Waals surface area contributed by atoms with Crippen molar-refractivity contribution in [2.45, 2.75) is 6.42 Å². The van der Waals surface area contributed by atoms with Crippen molar-refractivity contribution in [3.63, 3.8) is 0 Å². The maximum Gasteiger partial charge on any atom is 0.244 e. The summed E-state index contributed by atoms with van der Waals surface area (Å²) in [4.78, 5) is 11.6. The van der Waals surface area contributed by atoms with Crippen LogP contribution in [0.3, 0.4) is 0 Å². The largest absolute Gasteiger partial charge is 0.450 e. The fourth-order valence-corrected chi connectivity index (χ4v) is 2.06. The maximum atomic E-state index is 11.6. The number of hydrogen-bond donors (Lipinski definition) is 1. The molecular weight excluding hydrogens is 342 g/mol. The molecule has 2 aromatic rings. The number of amides is 1. The topological polar surface area (TPSA) is 42.2 Å². The Morgan fingerprint density at radius 2 is 2.00 bits per heavy atom. The van der Waals surface area contributed by atoms with Gasteiger partial charge in [0.2, 0.25) is 5.91 Å². The van der Waals surface area contributed by atoms with Gasteiger partial charge in [-0.15, -0.1) is 0 Å². The van der Waals surface area contributed by atoms with Gasteiger partial charge in [0.1, 0.15) is 5.76 Å². The van der Waals surface area contributed by atoms with E-state index in [4.69, 9.17) is 16.0 Å². The lowest BCUT2D eigenvalue weighted by Gasteiger charge is -2.02. The Labute approximate surface area is 130 Å². The monoisotopic (exact) mass is 353 g/mol. The van der Waals surface area contributed by atoms with Crippen molar-refractivity contribution in [3.8, 4) is 0 Å². The molecule has 1 aromatic carbocycles. The third-order valence-electron chi connectivity index (χ3n) is 2.62. The summed E-state index contributed by atoms with van der Waals surface area (Å²) in [5.41, 5.74) is 1.13. The molecule has 2 rings (SSSR count). The van der Waals surface area contributed by atoms with Crippen LogP contribution in [0, 0.1) is 0 Å². The van der Waals surface area contributed by atoms with Crippen LogP contribution in [0.4, 0.5) is 0 Å². The van der Waals surface area contributed by atoms with Gasteiger partial charge in [0, 0.05) is 17.6 Å². The van der Waals surface area contributed by atoms with E-state index in [1.165, 1.54) is 6.08 Å². The molecule has 0 saturated heterocycles. The van der Waals surface area contributed by atoms with Crippen molar-refractivity contribution in [2.24, 2.45) is 0 Å². The number of benzene rings is 1. The molecule has 1 heterocycles. The first-order valence-corrected chi connectivity index (χ1v) is 7.26. The van der Waals surface area contributed by atoms with E-state index >= 15 is 0 Å². The van der Waals surface area contributed by atoms with E-state index in [-0.39, 0.29) is 5.91 Å². The van der Waals surface area contributed by atoms with Crippen LogP contribution in [0.25, 0.3) is 6.08 Å². The number of nitrogens with one attached hydrogen (secondary N) is 1. The highest BCUT2D eigenvalue weighted by Crippen LogP contribution is 2.14. The average molecular weight is 355 g/mol. The highest BCUT2D eigenvalue weighted by molar-refractivity contribution is 9.10. The fourth-order valence-electron chi connectivity index (χ4n) is 1.62. The van der Waals surface area contributed by atoms with Crippen LogP contribution in [0.1, 0.15) is 11.3 Å². The zero-order valence-electron chi connectivity index (χ0n) is 10.6. The maximum absolute atomic E-state index is 11.6. The van der Waals surface area contributed by atoms with Crippen molar-refractivity contribution in [1.82, 2.24) is 5.32 Å². The molecule has 0 aliphatic rings. The predicted molar refractivity (Wildman–Crippen MR) is 83.6 cm³/mol. The normalized spacial score (nSPS) is 10.9. The molecule has 0 spiro atoms. The summed E-state index contributed by atoms with van der Waals surface area (Å²) in [5.74, 6) is 0.483. The van der Waals surface area contributed by atoms with Crippen molar-refractivity contribution < 1.29 is 9.21 Å². The van der Waals surface area contributed by atoms with Gasteiger partial charge < -0.3 is 9.73 Å². The molecule has 0 unspecified atom stereocenters.